The van der Waals surface area contributed by atoms with E-state index in [2.05, 4.69) is 10.3 Å². The minimum atomic E-state index is -0.544. The fraction of sp³-hybridized carbons (Fsp3) is 0.438. The van der Waals surface area contributed by atoms with E-state index in [4.69, 9.17) is 21.2 Å². The smallest absolute Gasteiger partial charge is 0.407 e. The maximum atomic E-state index is 11.9. The summed E-state index contributed by atoms with van der Waals surface area (Å²) in [5.41, 5.74) is 7.22. The van der Waals surface area contributed by atoms with Gasteiger partial charge in [0.1, 0.15) is 11.4 Å². The molecule has 0 aliphatic heterocycles. The van der Waals surface area contributed by atoms with Crippen LogP contribution in [0.15, 0.2) is 24.4 Å². The molecule has 23 heavy (non-hydrogen) atoms. The largest absolute Gasteiger partial charge is 0.444 e. The van der Waals surface area contributed by atoms with Gasteiger partial charge in [0.15, 0.2) is 0 Å². The zero-order valence-corrected chi connectivity index (χ0v) is 13.7. The molecule has 2 aromatic rings. The molecule has 0 saturated carbocycles. The van der Waals surface area contributed by atoms with Gasteiger partial charge in [0.25, 0.3) is 0 Å². The lowest BCUT2D eigenvalue weighted by Crippen LogP contribution is -2.44. The topological polar surface area (TPSA) is 115 Å². The monoisotopic (exact) mass is 320 g/mol. The number of nitrogens with one attached hydrogen (secondary N) is 2. The highest BCUT2D eigenvalue weighted by molar-refractivity contribution is 5.84. The lowest BCUT2D eigenvalue weighted by Gasteiger charge is -2.23. The van der Waals surface area contributed by atoms with Gasteiger partial charge in [0.2, 0.25) is 0 Å². The van der Waals surface area contributed by atoms with Crippen molar-refractivity contribution in [2.45, 2.75) is 38.8 Å². The third-order valence-electron chi connectivity index (χ3n) is 3.35. The van der Waals surface area contributed by atoms with Gasteiger partial charge in [-0.25, -0.2) is 4.79 Å². The minimum Gasteiger partial charge on any atom is -0.444 e. The second-order valence-electron chi connectivity index (χ2n) is 6.42. The summed E-state index contributed by atoms with van der Waals surface area (Å²) < 4.78 is 5.26. The Morgan fingerprint density at radius 2 is 2.13 bits per heavy atom. The lowest BCUT2D eigenvalue weighted by molar-refractivity contribution is 0.0506. The van der Waals surface area contributed by atoms with E-state index in [0.717, 1.165) is 16.5 Å². The van der Waals surface area contributed by atoms with Crippen LogP contribution in [0.4, 0.5) is 4.79 Å². The summed E-state index contributed by atoms with van der Waals surface area (Å²) in [6, 6.07) is 5.29. The number of carbonyl (C=O) groups is 1. The minimum absolute atomic E-state index is 0.230. The predicted molar refractivity (Wildman–Crippen MR) is 89.0 cm³/mol. The number of aromatic amines is 1. The van der Waals surface area contributed by atoms with Gasteiger partial charge >= 0.3 is 6.09 Å². The number of H-pyrrole nitrogens is 1. The van der Waals surface area contributed by atoms with Crippen LogP contribution in [0, 0.1) is 0 Å². The molecule has 0 spiro atoms. The average Bonchev–Trinajstić information content (AvgIpc) is 2.86. The maximum Gasteiger partial charge on any atom is 0.407 e. The summed E-state index contributed by atoms with van der Waals surface area (Å²) in [7, 11) is 0. The van der Waals surface area contributed by atoms with E-state index < -0.39 is 11.7 Å². The number of hydrogen-bond donors (Lipinski definition) is 4. The molecule has 7 heteroatoms. The zero-order valence-electron chi connectivity index (χ0n) is 13.7. The van der Waals surface area contributed by atoms with Crippen LogP contribution in [-0.2, 0) is 11.2 Å². The van der Waals surface area contributed by atoms with E-state index in [0.29, 0.717) is 18.7 Å². The molecule has 1 heterocycles. The van der Waals surface area contributed by atoms with Crippen LogP contribution in [0.1, 0.15) is 26.3 Å². The highest BCUT2D eigenvalue weighted by Crippen LogP contribution is 2.24. The average molecular weight is 320 g/mol. The van der Waals surface area contributed by atoms with Crippen LogP contribution < -0.4 is 21.8 Å². The van der Waals surface area contributed by atoms with Crippen molar-refractivity contribution in [2.75, 3.05) is 6.54 Å². The first kappa shape index (κ1) is 17.1. The number of fused-ring (bicyclic) bond motifs is 1. The first-order valence-electron chi connectivity index (χ1n) is 7.48. The number of carbonyl (C=O) groups excluding carboxylic acids is 1. The molecule has 1 atom stereocenters. The van der Waals surface area contributed by atoms with Gasteiger partial charge < -0.3 is 25.6 Å². The Morgan fingerprint density at radius 3 is 2.74 bits per heavy atom. The van der Waals surface area contributed by atoms with Gasteiger partial charge in [-0.3, -0.25) is 0 Å². The Morgan fingerprint density at radius 1 is 1.39 bits per heavy atom. The summed E-state index contributed by atoms with van der Waals surface area (Å²) in [4.78, 5) is 19.8. The van der Waals surface area contributed by atoms with Crippen molar-refractivity contribution in [3.8, 4) is 5.75 Å². The normalized spacial score (nSPS) is 12.9. The van der Waals surface area contributed by atoms with Gasteiger partial charge in [-0.2, -0.15) is 5.90 Å². The molecular formula is C16H24N4O3. The van der Waals surface area contributed by atoms with E-state index in [1.54, 1.807) is 6.07 Å². The molecule has 0 aliphatic rings. The van der Waals surface area contributed by atoms with Crippen molar-refractivity contribution < 1.29 is 14.4 Å². The number of nitrogens with two attached hydrogens (primary N) is 2. The number of benzene rings is 1. The van der Waals surface area contributed by atoms with Crippen LogP contribution in [0.25, 0.3) is 10.9 Å². The van der Waals surface area contributed by atoms with E-state index in [1.807, 2.05) is 39.1 Å². The van der Waals surface area contributed by atoms with Gasteiger partial charge in [0, 0.05) is 29.7 Å². The van der Waals surface area contributed by atoms with Crippen LogP contribution >= 0.6 is 0 Å². The van der Waals surface area contributed by atoms with E-state index in [9.17, 15) is 4.79 Å². The summed E-state index contributed by atoms with van der Waals surface area (Å²) >= 11 is 0. The molecule has 126 valence electrons. The number of amides is 1. The summed E-state index contributed by atoms with van der Waals surface area (Å²) in [5.74, 6) is 5.78. The molecule has 0 bridgehead atoms. The Labute approximate surface area is 135 Å². The fourth-order valence-corrected chi connectivity index (χ4v) is 2.33. The number of ether oxygens (including phenoxy) is 1. The van der Waals surface area contributed by atoms with Gasteiger partial charge in [-0.1, -0.05) is 0 Å². The number of rotatable bonds is 5. The number of hydrogen-bond acceptors (Lipinski definition) is 5. The molecule has 1 aromatic carbocycles. The van der Waals surface area contributed by atoms with E-state index in [1.165, 1.54) is 0 Å². The van der Waals surface area contributed by atoms with Gasteiger partial charge in [-0.05, 0) is 51.0 Å². The van der Waals surface area contributed by atoms with E-state index >= 15 is 0 Å². The predicted octanol–water partition coefficient (Wildman–Crippen LogP) is 1.81. The van der Waals surface area contributed by atoms with Crippen molar-refractivity contribution >= 4 is 17.0 Å². The third kappa shape index (κ3) is 4.61. The van der Waals surface area contributed by atoms with Crippen LogP contribution in [0.3, 0.4) is 0 Å². The van der Waals surface area contributed by atoms with Crippen LogP contribution in [0.5, 0.6) is 5.75 Å². The Balaban J connectivity index is 2.11. The highest BCUT2D eigenvalue weighted by Gasteiger charge is 2.20. The second-order valence-corrected chi connectivity index (χ2v) is 6.42. The number of alkyl carbamates (subject to hydrolysis) is 1. The standard InChI is InChI=1S/C16H24N4O3/c1-16(2,3)22-15(21)20-11(8-17)6-10-9-19-14-5-4-12(23-18)7-13(10)14/h4-5,7,9,11,19H,6,8,17-18H2,1-3H3,(H,20,21)/t11-/m0/s1. The van der Waals surface area contributed by atoms with Crippen molar-refractivity contribution in [1.29, 1.82) is 0 Å². The molecule has 0 saturated heterocycles. The first-order chi connectivity index (χ1) is 10.8. The van der Waals surface area contributed by atoms with E-state index in [-0.39, 0.29) is 6.04 Å². The summed E-state index contributed by atoms with van der Waals surface area (Å²) in [6.45, 7) is 5.76. The van der Waals surface area contributed by atoms with Crippen molar-refractivity contribution in [2.24, 2.45) is 11.6 Å². The SMILES string of the molecule is CC(C)(C)OC(=O)N[C@H](CN)Cc1c[nH]c2ccc(ON)cc12. The van der Waals surface area contributed by atoms with Gasteiger partial charge in [-0.15, -0.1) is 0 Å². The molecule has 0 radical (unpaired) electrons. The Bertz CT molecular complexity index is 676. The van der Waals surface area contributed by atoms with Crippen LogP contribution in [-0.4, -0.2) is 29.3 Å². The molecule has 7 nitrogen and oxygen atoms in total. The maximum absolute atomic E-state index is 11.9. The Hall–Kier alpha value is -2.25. The van der Waals surface area contributed by atoms with Crippen molar-refractivity contribution in [1.82, 2.24) is 10.3 Å². The van der Waals surface area contributed by atoms with Gasteiger partial charge in [0.05, 0.1) is 0 Å². The highest BCUT2D eigenvalue weighted by atomic mass is 16.6. The van der Waals surface area contributed by atoms with Crippen molar-refractivity contribution in [3.63, 3.8) is 0 Å². The summed E-state index contributed by atoms with van der Waals surface area (Å²) in [6.07, 6.45) is 1.99. The molecule has 0 aliphatic carbocycles. The molecule has 1 amide bonds. The zero-order chi connectivity index (χ0) is 17.0. The molecule has 0 unspecified atom stereocenters. The lowest BCUT2D eigenvalue weighted by atomic mass is 10.0. The van der Waals surface area contributed by atoms with Crippen molar-refractivity contribution in [3.05, 3.63) is 30.0 Å². The third-order valence-corrected chi connectivity index (χ3v) is 3.35. The molecular weight excluding hydrogens is 296 g/mol. The quantitative estimate of drug-likeness (QED) is 0.627. The molecule has 2 rings (SSSR count). The fourth-order valence-electron chi connectivity index (χ4n) is 2.33. The summed E-state index contributed by atoms with van der Waals surface area (Å²) in [5, 5.41) is 3.78. The molecule has 6 N–H and O–H groups in total. The molecule has 0 fully saturated rings. The molecule has 1 aromatic heterocycles. The number of aromatic nitrogens is 1. The second kappa shape index (κ2) is 6.89. The van der Waals surface area contributed by atoms with Crippen LogP contribution in [0.2, 0.25) is 0 Å². The first-order valence-corrected chi connectivity index (χ1v) is 7.48. The Kier molecular flexibility index (Phi) is 5.12.